The third-order valence-corrected chi connectivity index (χ3v) is 0. The second-order valence-corrected chi connectivity index (χ2v) is 3.26. The fourth-order valence-electron chi connectivity index (χ4n) is 0. The molecule has 68 valence electrons. The van der Waals surface area contributed by atoms with Crippen molar-refractivity contribution in [1.82, 2.24) is 0 Å². The van der Waals surface area contributed by atoms with Crippen molar-refractivity contribution in [3.05, 3.63) is 24.1 Å². The van der Waals surface area contributed by atoms with Crippen molar-refractivity contribution in [3.8, 4) is 0 Å². The van der Waals surface area contributed by atoms with Crippen LogP contribution in [0, 0.1) is 6.58 Å². The van der Waals surface area contributed by atoms with E-state index in [-0.39, 0.29) is 28.1 Å². The van der Waals surface area contributed by atoms with Crippen molar-refractivity contribution >= 4 is 58.3 Å². The Morgan fingerprint density at radius 1 is 1.25 bits per heavy atom. The quantitative estimate of drug-likeness (QED) is 0.310. The van der Waals surface area contributed by atoms with E-state index in [0.717, 1.165) is 0 Å². The maximum Gasteiger partial charge on any atom is 0 e. The van der Waals surface area contributed by atoms with E-state index in [1.54, 1.807) is 6.92 Å². The van der Waals surface area contributed by atoms with Crippen molar-refractivity contribution in [2.75, 3.05) is 0 Å². The fourth-order valence-corrected chi connectivity index (χ4v) is 0. The van der Waals surface area contributed by atoms with Gasteiger partial charge in [0.1, 0.15) is 0 Å². The van der Waals surface area contributed by atoms with Gasteiger partial charge in [0.15, 0.2) is 0 Å². The van der Waals surface area contributed by atoms with E-state index < -0.39 is 0 Å². The zero-order valence-corrected chi connectivity index (χ0v) is 13.0. The van der Waals surface area contributed by atoms with Crippen molar-refractivity contribution in [2.24, 2.45) is 0 Å². The molecule has 0 saturated heterocycles. The summed E-state index contributed by atoms with van der Waals surface area (Å²) < 4.78 is -0.111. The van der Waals surface area contributed by atoms with Crippen molar-refractivity contribution < 1.29 is 19.5 Å². The molecule has 0 saturated carbocycles. The molecular formula is C5H9N2S4Zn-3. The molecule has 0 aromatic carbocycles. The van der Waals surface area contributed by atoms with Crippen LogP contribution in [0.1, 0.15) is 6.92 Å². The first-order valence-corrected chi connectivity index (χ1v) is 3.98. The molecule has 2 nitrogen and oxygen atoms in total. The molecule has 0 atom stereocenters. The normalized spacial score (nSPS) is 5.25. The van der Waals surface area contributed by atoms with Gasteiger partial charge in [0.05, 0.1) is 0 Å². The van der Waals surface area contributed by atoms with E-state index in [4.69, 9.17) is 18.0 Å². The second kappa shape index (κ2) is 22.6. The van der Waals surface area contributed by atoms with Gasteiger partial charge in [-0.05, 0) is 8.64 Å². The van der Waals surface area contributed by atoms with Gasteiger partial charge >= 0.3 is 0 Å². The third kappa shape index (κ3) is 1480. The van der Waals surface area contributed by atoms with Crippen LogP contribution in [0.5, 0.6) is 0 Å². The Kier molecular flexibility index (Phi) is 43.5. The van der Waals surface area contributed by atoms with Crippen molar-refractivity contribution in [1.29, 1.82) is 0 Å². The molecule has 7 heteroatoms. The molecule has 0 aliphatic rings. The summed E-state index contributed by atoms with van der Waals surface area (Å²) in [5, 5.41) is 0. The van der Waals surface area contributed by atoms with E-state index in [0.29, 0.717) is 0 Å². The zero-order valence-electron chi connectivity index (χ0n) is 6.57. The van der Waals surface area contributed by atoms with Crippen LogP contribution in [0.25, 0.3) is 11.5 Å². The third-order valence-electron chi connectivity index (χ3n) is 0. The molecule has 0 aliphatic carbocycles. The Morgan fingerprint density at radius 3 is 1.25 bits per heavy atom. The number of nitrogens with one attached hydrogen (secondary N) is 2. The Labute approximate surface area is 108 Å². The monoisotopic (exact) mass is 289 g/mol. The molecule has 0 aliphatic heterocycles. The van der Waals surface area contributed by atoms with Gasteiger partial charge in [-0.15, -0.1) is 0 Å². The van der Waals surface area contributed by atoms with Crippen LogP contribution in [-0.4, -0.2) is 8.64 Å². The standard InChI is InChI=1S/C3H5.2CH3NS2.Zn/c1-3-2;2*2-1(3)4;/h1,3H,2H3;2*(H3,2,3,4);/q-1;;;/p-2. The smallest absolute Gasteiger partial charge is 0 e. The summed E-state index contributed by atoms with van der Waals surface area (Å²) in [4.78, 5) is 0. The fraction of sp³-hybridized carbons (Fsp3) is 0.200. The predicted octanol–water partition coefficient (Wildman–Crippen LogP) is 3.50. The summed E-state index contributed by atoms with van der Waals surface area (Å²) in [6.07, 6.45) is 1.50. The molecule has 0 spiro atoms. The minimum atomic E-state index is -0.0556. The Bertz CT molecular complexity index is 109. The SMILES string of the molecule is [CH-]=CC.[NH-]C(=S)S.[NH-]C(=S)S.[Zn]. The van der Waals surface area contributed by atoms with Gasteiger partial charge in [-0.25, -0.2) is 0 Å². The predicted molar refractivity (Wildman–Crippen MR) is 66.4 cm³/mol. The average Bonchev–Trinajstić information content (AvgIpc) is 1.60. The first-order valence-electron chi connectivity index (χ1n) is 2.27. The number of rotatable bonds is 0. The van der Waals surface area contributed by atoms with Crippen LogP contribution in [-0.2, 0) is 19.5 Å². The maximum absolute atomic E-state index is 6.18. The molecule has 0 unspecified atom stereocenters. The van der Waals surface area contributed by atoms with Crippen LogP contribution >= 0.6 is 49.7 Å². The van der Waals surface area contributed by atoms with E-state index in [2.05, 4.69) is 49.7 Å². The Morgan fingerprint density at radius 2 is 1.25 bits per heavy atom. The Balaban J connectivity index is -0.0000000389. The first-order chi connectivity index (χ1) is 4.88. The number of thiocarbonyl (C=S) groups is 2. The molecule has 2 N–H and O–H groups in total. The van der Waals surface area contributed by atoms with Crippen molar-refractivity contribution in [2.45, 2.75) is 6.92 Å². The number of thiol groups is 2. The molecule has 0 amide bonds. The maximum atomic E-state index is 6.18. The molecule has 0 radical (unpaired) electrons. The van der Waals surface area contributed by atoms with Gasteiger partial charge in [-0.3, -0.25) is 6.08 Å². The molecule has 0 aromatic heterocycles. The summed E-state index contributed by atoms with van der Waals surface area (Å²) in [5.74, 6) is 0. The van der Waals surface area contributed by atoms with Crippen LogP contribution in [0.2, 0.25) is 0 Å². The van der Waals surface area contributed by atoms with Gasteiger partial charge < -0.3 is 18.0 Å². The topological polar surface area (TPSA) is 47.6 Å². The molecule has 0 aromatic rings. The molecule has 0 heterocycles. The number of allylic oxidation sites excluding steroid dienone is 1. The van der Waals surface area contributed by atoms with E-state index in [9.17, 15) is 0 Å². The molecule has 0 fully saturated rings. The van der Waals surface area contributed by atoms with Gasteiger partial charge in [-0.2, -0.15) is 25.3 Å². The van der Waals surface area contributed by atoms with Gasteiger partial charge in [0.25, 0.3) is 0 Å². The van der Waals surface area contributed by atoms with Gasteiger partial charge in [0.2, 0.25) is 0 Å². The largest absolute Gasteiger partial charge is 0.684 e. The molecule has 0 bridgehead atoms. The number of hydrogen-bond acceptors (Lipinski definition) is 2. The molecule has 0 rings (SSSR count). The summed E-state index contributed by atoms with van der Waals surface area (Å²) in [5.41, 5.74) is 12.4. The molecular weight excluding hydrogens is 282 g/mol. The van der Waals surface area contributed by atoms with Crippen LogP contribution in [0.15, 0.2) is 6.08 Å². The van der Waals surface area contributed by atoms with Gasteiger partial charge in [-0.1, -0.05) is 31.4 Å². The van der Waals surface area contributed by atoms with E-state index >= 15 is 0 Å². The van der Waals surface area contributed by atoms with Gasteiger partial charge in [0, 0.05) is 19.5 Å². The average molecular weight is 291 g/mol. The zero-order chi connectivity index (χ0) is 9.86. The van der Waals surface area contributed by atoms with Crippen LogP contribution in [0.3, 0.4) is 0 Å². The summed E-state index contributed by atoms with van der Waals surface area (Å²) in [7, 11) is 0. The molecule has 12 heavy (non-hydrogen) atoms. The first kappa shape index (κ1) is 23.0. The summed E-state index contributed by atoms with van der Waals surface area (Å²) >= 11 is 14.9. The van der Waals surface area contributed by atoms with E-state index in [1.165, 1.54) is 6.08 Å². The van der Waals surface area contributed by atoms with E-state index in [1.807, 2.05) is 0 Å². The minimum absolute atomic E-state index is 0. The summed E-state index contributed by atoms with van der Waals surface area (Å²) in [6.45, 7) is 6.50. The second-order valence-electron chi connectivity index (χ2n) is 0.944. The van der Waals surface area contributed by atoms with Crippen LogP contribution < -0.4 is 0 Å². The van der Waals surface area contributed by atoms with Crippen molar-refractivity contribution in [3.63, 3.8) is 0 Å². The summed E-state index contributed by atoms with van der Waals surface area (Å²) in [6, 6.07) is 0. The number of hydrogen-bond donors (Lipinski definition) is 2. The van der Waals surface area contributed by atoms with Crippen LogP contribution in [0.4, 0.5) is 0 Å². The minimum Gasteiger partial charge on any atom is -0.684 e. The Hall–Kier alpha value is 0.843.